The minimum atomic E-state index is -0.415. The van der Waals surface area contributed by atoms with Crippen LogP contribution in [0.3, 0.4) is 0 Å². The first-order valence-corrected chi connectivity index (χ1v) is 6.84. The van der Waals surface area contributed by atoms with Crippen LogP contribution in [0, 0.1) is 11.2 Å². The highest BCUT2D eigenvalue weighted by molar-refractivity contribution is 5.84. The Morgan fingerprint density at radius 2 is 1.89 bits per heavy atom. The highest BCUT2D eigenvalue weighted by atomic mass is 19.1. The van der Waals surface area contributed by atoms with E-state index in [-0.39, 0.29) is 17.6 Å². The Morgan fingerprint density at radius 3 is 2.37 bits per heavy atom. The normalized spacial score (nSPS) is 13.3. The average molecular weight is 265 g/mol. The first kappa shape index (κ1) is 15.8. The molecule has 0 spiro atoms. The topological polar surface area (TPSA) is 29.1 Å². The second-order valence-electron chi connectivity index (χ2n) is 5.71. The Hall–Kier alpha value is -1.22. The maximum Gasteiger partial charge on any atom is 0.140 e. The standard InChI is InChI=1S/C16H24FNO/c1-5-14(18-4)10-15(19)16(2,3)11-12-6-8-13(17)9-7-12/h6-9,14,18H,5,10-11H2,1-4H3. The molecule has 0 saturated carbocycles. The van der Waals surface area contributed by atoms with E-state index in [1.807, 2.05) is 20.9 Å². The first-order chi connectivity index (χ1) is 8.89. The van der Waals surface area contributed by atoms with Gasteiger partial charge in [-0.05, 0) is 37.6 Å². The Kier molecular flexibility index (Phi) is 5.67. The molecule has 0 amide bonds. The summed E-state index contributed by atoms with van der Waals surface area (Å²) in [6, 6.07) is 6.62. The van der Waals surface area contributed by atoms with Crippen molar-refractivity contribution in [1.82, 2.24) is 5.32 Å². The molecule has 1 aromatic carbocycles. The van der Waals surface area contributed by atoms with Crippen LogP contribution in [0.1, 0.15) is 39.2 Å². The molecular weight excluding hydrogens is 241 g/mol. The van der Waals surface area contributed by atoms with Gasteiger partial charge in [-0.15, -0.1) is 0 Å². The quantitative estimate of drug-likeness (QED) is 0.819. The number of ketones is 1. The van der Waals surface area contributed by atoms with Crippen molar-refractivity contribution in [3.63, 3.8) is 0 Å². The van der Waals surface area contributed by atoms with E-state index >= 15 is 0 Å². The van der Waals surface area contributed by atoms with Crippen LogP contribution in [0.15, 0.2) is 24.3 Å². The van der Waals surface area contributed by atoms with Gasteiger partial charge in [0.05, 0.1) is 0 Å². The molecule has 1 aromatic rings. The maximum atomic E-state index is 12.9. The fourth-order valence-electron chi connectivity index (χ4n) is 2.16. The molecule has 1 rings (SSSR count). The number of halogens is 1. The largest absolute Gasteiger partial charge is 0.317 e. The predicted octanol–water partition coefficient (Wildman–Crippen LogP) is 3.35. The lowest BCUT2D eigenvalue weighted by atomic mass is 9.79. The van der Waals surface area contributed by atoms with Gasteiger partial charge in [0.25, 0.3) is 0 Å². The van der Waals surface area contributed by atoms with Crippen LogP contribution in [0.2, 0.25) is 0 Å². The Balaban J connectivity index is 2.69. The molecule has 2 nitrogen and oxygen atoms in total. The van der Waals surface area contributed by atoms with Gasteiger partial charge in [0.1, 0.15) is 11.6 Å². The number of nitrogens with one attached hydrogen (secondary N) is 1. The van der Waals surface area contributed by atoms with Crippen LogP contribution >= 0.6 is 0 Å². The van der Waals surface area contributed by atoms with Crippen molar-refractivity contribution in [3.8, 4) is 0 Å². The van der Waals surface area contributed by atoms with Gasteiger partial charge in [-0.3, -0.25) is 4.79 Å². The van der Waals surface area contributed by atoms with E-state index in [2.05, 4.69) is 12.2 Å². The molecule has 19 heavy (non-hydrogen) atoms. The highest BCUT2D eigenvalue weighted by Gasteiger charge is 2.28. The van der Waals surface area contributed by atoms with Gasteiger partial charge in [-0.1, -0.05) is 32.9 Å². The third-order valence-electron chi connectivity index (χ3n) is 3.65. The fraction of sp³-hybridized carbons (Fsp3) is 0.562. The van der Waals surface area contributed by atoms with E-state index in [4.69, 9.17) is 0 Å². The molecule has 3 heteroatoms. The number of hydrogen-bond donors (Lipinski definition) is 1. The summed E-state index contributed by atoms with van der Waals surface area (Å²) in [5.74, 6) is 0.00661. The van der Waals surface area contributed by atoms with Crippen molar-refractivity contribution in [1.29, 1.82) is 0 Å². The number of carbonyl (C=O) groups is 1. The van der Waals surface area contributed by atoms with Crippen LogP contribution in [0.25, 0.3) is 0 Å². The Bertz CT molecular complexity index is 407. The summed E-state index contributed by atoms with van der Waals surface area (Å²) in [7, 11) is 1.88. The zero-order chi connectivity index (χ0) is 14.5. The number of rotatable bonds is 7. The number of hydrogen-bond acceptors (Lipinski definition) is 2. The molecule has 0 fully saturated rings. The van der Waals surface area contributed by atoms with E-state index < -0.39 is 5.41 Å². The monoisotopic (exact) mass is 265 g/mol. The molecular formula is C16H24FNO. The van der Waals surface area contributed by atoms with Crippen molar-refractivity contribution in [2.45, 2.75) is 46.1 Å². The molecule has 0 heterocycles. The SMILES string of the molecule is CCC(CC(=O)C(C)(C)Cc1ccc(F)cc1)NC. The summed E-state index contributed by atoms with van der Waals surface area (Å²) >= 11 is 0. The van der Waals surface area contributed by atoms with Crippen molar-refractivity contribution < 1.29 is 9.18 Å². The van der Waals surface area contributed by atoms with Crippen molar-refractivity contribution in [2.75, 3.05) is 7.05 Å². The lowest BCUT2D eigenvalue weighted by molar-refractivity contribution is -0.127. The second-order valence-corrected chi connectivity index (χ2v) is 5.71. The summed E-state index contributed by atoms with van der Waals surface area (Å²) in [5.41, 5.74) is 0.583. The van der Waals surface area contributed by atoms with E-state index in [1.165, 1.54) is 12.1 Å². The number of Topliss-reactive ketones (excluding diaryl/α,β-unsaturated/α-hetero) is 1. The number of carbonyl (C=O) groups excluding carboxylic acids is 1. The summed E-state index contributed by atoms with van der Waals surface area (Å²) in [6.45, 7) is 5.99. The van der Waals surface area contributed by atoms with E-state index in [0.29, 0.717) is 12.8 Å². The van der Waals surface area contributed by atoms with Gasteiger partial charge in [-0.25, -0.2) is 4.39 Å². The molecule has 1 atom stereocenters. The van der Waals surface area contributed by atoms with Crippen LogP contribution in [0.5, 0.6) is 0 Å². The molecule has 0 radical (unpaired) electrons. The third-order valence-corrected chi connectivity index (χ3v) is 3.65. The fourth-order valence-corrected chi connectivity index (χ4v) is 2.16. The lowest BCUT2D eigenvalue weighted by Gasteiger charge is -2.25. The third kappa shape index (κ3) is 4.75. The van der Waals surface area contributed by atoms with Gasteiger partial charge in [0, 0.05) is 17.9 Å². The zero-order valence-corrected chi connectivity index (χ0v) is 12.3. The molecule has 0 aliphatic carbocycles. The molecule has 0 aliphatic heterocycles. The van der Waals surface area contributed by atoms with Gasteiger partial charge in [-0.2, -0.15) is 0 Å². The van der Waals surface area contributed by atoms with Gasteiger partial charge < -0.3 is 5.32 Å². The lowest BCUT2D eigenvalue weighted by Crippen LogP contribution is -2.34. The van der Waals surface area contributed by atoms with Gasteiger partial charge in [0.2, 0.25) is 0 Å². The smallest absolute Gasteiger partial charge is 0.140 e. The average Bonchev–Trinajstić information content (AvgIpc) is 2.38. The molecule has 106 valence electrons. The van der Waals surface area contributed by atoms with Crippen molar-refractivity contribution in [2.24, 2.45) is 5.41 Å². The molecule has 0 bridgehead atoms. The van der Waals surface area contributed by atoms with E-state index in [0.717, 1.165) is 12.0 Å². The summed E-state index contributed by atoms with van der Waals surface area (Å²) in [6.07, 6.45) is 2.13. The highest BCUT2D eigenvalue weighted by Crippen LogP contribution is 2.25. The number of benzene rings is 1. The first-order valence-electron chi connectivity index (χ1n) is 6.84. The molecule has 0 aliphatic rings. The van der Waals surface area contributed by atoms with Crippen molar-refractivity contribution >= 4 is 5.78 Å². The maximum absolute atomic E-state index is 12.9. The van der Waals surface area contributed by atoms with E-state index in [9.17, 15) is 9.18 Å². The molecule has 0 saturated heterocycles. The van der Waals surface area contributed by atoms with Gasteiger partial charge in [0.15, 0.2) is 0 Å². The Morgan fingerprint density at radius 1 is 1.32 bits per heavy atom. The summed E-state index contributed by atoms with van der Waals surface area (Å²) in [4.78, 5) is 12.4. The Labute approximate surface area is 115 Å². The van der Waals surface area contributed by atoms with Crippen LogP contribution in [-0.4, -0.2) is 18.9 Å². The molecule has 0 aromatic heterocycles. The van der Waals surface area contributed by atoms with Crippen LogP contribution in [-0.2, 0) is 11.2 Å². The second kappa shape index (κ2) is 6.80. The molecule has 1 N–H and O–H groups in total. The van der Waals surface area contributed by atoms with Crippen molar-refractivity contribution in [3.05, 3.63) is 35.6 Å². The summed E-state index contributed by atoms with van der Waals surface area (Å²) in [5, 5.41) is 3.16. The van der Waals surface area contributed by atoms with Crippen LogP contribution < -0.4 is 5.32 Å². The molecule has 1 unspecified atom stereocenters. The van der Waals surface area contributed by atoms with E-state index in [1.54, 1.807) is 12.1 Å². The van der Waals surface area contributed by atoms with Crippen LogP contribution in [0.4, 0.5) is 4.39 Å². The minimum Gasteiger partial charge on any atom is -0.317 e. The van der Waals surface area contributed by atoms with Gasteiger partial charge >= 0.3 is 0 Å². The summed E-state index contributed by atoms with van der Waals surface area (Å²) < 4.78 is 12.9. The minimum absolute atomic E-state index is 0.236. The zero-order valence-electron chi connectivity index (χ0n) is 12.3. The predicted molar refractivity (Wildman–Crippen MR) is 76.6 cm³/mol.